The summed E-state index contributed by atoms with van der Waals surface area (Å²) in [6, 6.07) is 3.05. The molecule has 0 unspecified atom stereocenters. The number of amides is 2. The predicted molar refractivity (Wildman–Crippen MR) is 85.0 cm³/mol. The van der Waals surface area contributed by atoms with Gasteiger partial charge in [0.05, 0.1) is 11.6 Å². The fourth-order valence-electron chi connectivity index (χ4n) is 4.20. The Hall–Kier alpha value is -2.11. The zero-order chi connectivity index (χ0) is 16.6. The number of carbonyl (C=O) groups excluding carboxylic acids is 2. The van der Waals surface area contributed by atoms with E-state index in [1.54, 1.807) is 17.9 Å². The van der Waals surface area contributed by atoms with Crippen molar-refractivity contribution in [1.82, 2.24) is 14.8 Å². The van der Waals surface area contributed by atoms with Crippen LogP contribution in [0.5, 0.6) is 5.75 Å². The first-order valence-corrected chi connectivity index (χ1v) is 8.18. The van der Waals surface area contributed by atoms with E-state index in [-0.39, 0.29) is 34.8 Å². The fraction of sp³-hybridized carbons (Fsp3) is 0.588. The van der Waals surface area contributed by atoms with Crippen LogP contribution in [-0.2, 0) is 4.79 Å². The molecule has 0 aliphatic carbocycles. The molecule has 0 saturated carbocycles. The van der Waals surface area contributed by atoms with Gasteiger partial charge in [0, 0.05) is 26.2 Å². The molecule has 124 valence electrons. The summed E-state index contributed by atoms with van der Waals surface area (Å²) in [6.45, 7) is 5.06. The van der Waals surface area contributed by atoms with E-state index in [1.165, 1.54) is 12.3 Å². The number of rotatable bonds is 1. The minimum Gasteiger partial charge on any atom is -0.505 e. The van der Waals surface area contributed by atoms with Gasteiger partial charge in [-0.15, -0.1) is 0 Å². The van der Waals surface area contributed by atoms with E-state index in [0.29, 0.717) is 6.54 Å². The molecule has 2 fully saturated rings. The molecule has 2 amide bonds. The van der Waals surface area contributed by atoms with Crippen LogP contribution < -0.4 is 0 Å². The molecule has 3 heterocycles. The van der Waals surface area contributed by atoms with Crippen LogP contribution >= 0.6 is 0 Å². The lowest BCUT2D eigenvalue weighted by atomic mass is 9.76. The van der Waals surface area contributed by atoms with Gasteiger partial charge in [0.2, 0.25) is 5.91 Å². The predicted octanol–water partition coefficient (Wildman–Crippen LogP) is 1.79. The van der Waals surface area contributed by atoms with Crippen molar-refractivity contribution in [3.05, 3.63) is 24.0 Å². The molecular formula is C17H23N3O3. The second kappa shape index (κ2) is 5.83. The molecule has 2 saturated heterocycles. The van der Waals surface area contributed by atoms with Crippen LogP contribution in [0.25, 0.3) is 0 Å². The summed E-state index contributed by atoms with van der Waals surface area (Å²) in [6.07, 6.45) is 5.02. The van der Waals surface area contributed by atoms with Gasteiger partial charge in [-0.1, -0.05) is 0 Å². The number of pyridine rings is 1. The summed E-state index contributed by atoms with van der Waals surface area (Å²) in [5, 5.41) is 9.94. The maximum atomic E-state index is 12.9. The Morgan fingerprint density at radius 3 is 2.83 bits per heavy atom. The third-order valence-corrected chi connectivity index (χ3v) is 5.28. The lowest BCUT2D eigenvalue weighted by molar-refractivity contribution is -0.143. The summed E-state index contributed by atoms with van der Waals surface area (Å²) in [4.78, 5) is 32.7. The first-order valence-electron chi connectivity index (χ1n) is 8.18. The van der Waals surface area contributed by atoms with Gasteiger partial charge in [0.15, 0.2) is 5.69 Å². The lowest BCUT2D eigenvalue weighted by Gasteiger charge is -2.56. The molecule has 1 aromatic heterocycles. The molecule has 23 heavy (non-hydrogen) atoms. The lowest BCUT2D eigenvalue weighted by Crippen LogP contribution is -2.68. The Kier molecular flexibility index (Phi) is 4.00. The number of likely N-dealkylation sites (tertiary alicyclic amines) is 2. The minimum absolute atomic E-state index is 0.0252. The normalized spacial score (nSPS) is 27.5. The van der Waals surface area contributed by atoms with E-state index in [9.17, 15) is 14.7 Å². The minimum atomic E-state index is -0.331. The molecule has 2 aliphatic heterocycles. The molecule has 6 nitrogen and oxygen atoms in total. The smallest absolute Gasteiger partial charge is 0.276 e. The SMILES string of the molecule is CC(=O)N1CCC[C@H]2N(C(=O)c3ncccc3O)CCC[C@@]21C. The van der Waals surface area contributed by atoms with Crippen molar-refractivity contribution in [2.24, 2.45) is 0 Å². The average molecular weight is 317 g/mol. The third-order valence-electron chi connectivity index (χ3n) is 5.28. The van der Waals surface area contributed by atoms with Crippen LogP contribution in [0, 0.1) is 0 Å². The van der Waals surface area contributed by atoms with Gasteiger partial charge < -0.3 is 14.9 Å². The van der Waals surface area contributed by atoms with E-state index in [4.69, 9.17) is 0 Å². The van der Waals surface area contributed by atoms with Gasteiger partial charge in [-0.3, -0.25) is 9.59 Å². The number of aromatic hydroxyl groups is 1. The van der Waals surface area contributed by atoms with Crippen LogP contribution in [0.2, 0.25) is 0 Å². The third kappa shape index (κ3) is 2.56. The molecule has 0 spiro atoms. The standard InChI is InChI=1S/C17H23N3O3/c1-12(21)20-11-4-7-14-17(20,2)8-5-10-19(14)16(23)15-13(22)6-3-9-18-15/h3,6,9,14,22H,4-5,7-8,10-11H2,1-2H3/t14-,17+/m1/s1. The van der Waals surface area contributed by atoms with Gasteiger partial charge in [-0.2, -0.15) is 0 Å². The molecule has 2 aliphatic rings. The second-order valence-electron chi connectivity index (χ2n) is 6.66. The van der Waals surface area contributed by atoms with E-state index in [2.05, 4.69) is 11.9 Å². The number of hydrogen-bond acceptors (Lipinski definition) is 4. The Bertz CT molecular complexity index is 633. The summed E-state index contributed by atoms with van der Waals surface area (Å²) in [5.74, 6) is -0.277. The number of piperidine rings is 2. The molecule has 3 rings (SSSR count). The van der Waals surface area contributed by atoms with Crippen molar-refractivity contribution < 1.29 is 14.7 Å². The van der Waals surface area contributed by atoms with E-state index >= 15 is 0 Å². The molecule has 0 bridgehead atoms. The van der Waals surface area contributed by atoms with E-state index in [1.807, 2.05) is 4.90 Å². The monoisotopic (exact) mass is 317 g/mol. The fourth-order valence-corrected chi connectivity index (χ4v) is 4.20. The van der Waals surface area contributed by atoms with Gasteiger partial charge >= 0.3 is 0 Å². The Balaban J connectivity index is 1.93. The Morgan fingerprint density at radius 2 is 2.13 bits per heavy atom. The highest BCUT2D eigenvalue weighted by atomic mass is 16.3. The molecule has 2 atom stereocenters. The van der Waals surface area contributed by atoms with Crippen LogP contribution in [0.1, 0.15) is 50.0 Å². The quantitative estimate of drug-likeness (QED) is 0.857. The maximum absolute atomic E-state index is 12.9. The van der Waals surface area contributed by atoms with Crippen molar-refractivity contribution in [3.63, 3.8) is 0 Å². The molecule has 1 aromatic rings. The number of fused-ring (bicyclic) bond motifs is 1. The van der Waals surface area contributed by atoms with Crippen LogP contribution in [0.3, 0.4) is 0 Å². The van der Waals surface area contributed by atoms with Gasteiger partial charge in [-0.05, 0) is 44.7 Å². The summed E-state index contributed by atoms with van der Waals surface area (Å²) >= 11 is 0. The number of carbonyl (C=O) groups is 2. The first-order chi connectivity index (χ1) is 10.9. The molecule has 6 heteroatoms. The highest BCUT2D eigenvalue weighted by molar-refractivity contribution is 5.95. The summed E-state index contributed by atoms with van der Waals surface area (Å²) in [7, 11) is 0. The van der Waals surface area contributed by atoms with Crippen molar-refractivity contribution >= 4 is 11.8 Å². The number of nitrogens with zero attached hydrogens (tertiary/aromatic N) is 3. The van der Waals surface area contributed by atoms with Gasteiger partial charge in [-0.25, -0.2) is 4.98 Å². The molecular weight excluding hydrogens is 294 g/mol. The maximum Gasteiger partial charge on any atom is 0.276 e. The van der Waals surface area contributed by atoms with Crippen molar-refractivity contribution in [1.29, 1.82) is 0 Å². The van der Waals surface area contributed by atoms with Crippen LogP contribution in [0.4, 0.5) is 0 Å². The van der Waals surface area contributed by atoms with Crippen molar-refractivity contribution in [2.45, 2.75) is 51.1 Å². The van der Waals surface area contributed by atoms with Crippen molar-refractivity contribution in [3.8, 4) is 5.75 Å². The highest BCUT2D eigenvalue weighted by Crippen LogP contribution is 2.39. The summed E-state index contributed by atoms with van der Waals surface area (Å²) in [5.41, 5.74) is -0.237. The summed E-state index contributed by atoms with van der Waals surface area (Å²) < 4.78 is 0. The average Bonchev–Trinajstić information content (AvgIpc) is 2.52. The van der Waals surface area contributed by atoms with E-state index < -0.39 is 0 Å². The Labute approximate surface area is 136 Å². The zero-order valence-corrected chi connectivity index (χ0v) is 13.7. The number of hydrogen-bond donors (Lipinski definition) is 1. The zero-order valence-electron chi connectivity index (χ0n) is 13.7. The van der Waals surface area contributed by atoms with Crippen LogP contribution in [0.15, 0.2) is 18.3 Å². The molecule has 0 aromatic carbocycles. The van der Waals surface area contributed by atoms with Crippen molar-refractivity contribution in [2.75, 3.05) is 13.1 Å². The number of aromatic nitrogens is 1. The first kappa shape index (κ1) is 15.8. The molecule has 1 N–H and O–H groups in total. The van der Waals surface area contributed by atoms with Gasteiger partial charge in [0.25, 0.3) is 5.91 Å². The van der Waals surface area contributed by atoms with Gasteiger partial charge in [0.1, 0.15) is 5.75 Å². The van der Waals surface area contributed by atoms with E-state index in [0.717, 1.165) is 32.2 Å². The topological polar surface area (TPSA) is 73.7 Å². The largest absolute Gasteiger partial charge is 0.505 e. The van der Waals surface area contributed by atoms with Crippen LogP contribution in [-0.4, -0.2) is 56.4 Å². The highest BCUT2D eigenvalue weighted by Gasteiger charge is 2.49. The second-order valence-corrected chi connectivity index (χ2v) is 6.66. The molecule has 0 radical (unpaired) electrons. The Morgan fingerprint density at radius 1 is 1.35 bits per heavy atom.